The van der Waals surface area contributed by atoms with Crippen LogP contribution in [-0.4, -0.2) is 17.2 Å². The first-order valence-electron chi connectivity index (χ1n) is 7.28. The standard InChI is InChI=1S/C15H29NO/c1-14(2)10-12(15(3,4)17-14)11-8-6-5-7-9-13(11)16/h11-13H,5-10,16H2,1-4H3. The van der Waals surface area contributed by atoms with E-state index < -0.39 is 0 Å². The molecule has 0 aromatic heterocycles. The molecule has 2 fully saturated rings. The number of nitrogens with two attached hydrogens (primary N) is 1. The van der Waals surface area contributed by atoms with E-state index in [-0.39, 0.29) is 11.2 Å². The van der Waals surface area contributed by atoms with Crippen molar-refractivity contribution in [1.29, 1.82) is 0 Å². The summed E-state index contributed by atoms with van der Waals surface area (Å²) in [6, 6.07) is 0.388. The van der Waals surface area contributed by atoms with Crippen LogP contribution in [0.3, 0.4) is 0 Å². The van der Waals surface area contributed by atoms with Gasteiger partial charge in [0.05, 0.1) is 11.2 Å². The van der Waals surface area contributed by atoms with Crippen molar-refractivity contribution < 1.29 is 4.74 Å². The molecule has 2 aliphatic rings. The van der Waals surface area contributed by atoms with E-state index in [2.05, 4.69) is 27.7 Å². The Balaban J connectivity index is 2.15. The summed E-state index contributed by atoms with van der Waals surface area (Å²) >= 11 is 0. The topological polar surface area (TPSA) is 35.2 Å². The highest BCUT2D eigenvalue weighted by atomic mass is 16.5. The average molecular weight is 239 g/mol. The van der Waals surface area contributed by atoms with Gasteiger partial charge in [-0.2, -0.15) is 0 Å². The summed E-state index contributed by atoms with van der Waals surface area (Å²) in [5.74, 6) is 1.29. The van der Waals surface area contributed by atoms with Crippen molar-refractivity contribution in [1.82, 2.24) is 0 Å². The van der Waals surface area contributed by atoms with Gasteiger partial charge in [-0.15, -0.1) is 0 Å². The molecule has 2 N–H and O–H groups in total. The zero-order chi connectivity index (χ0) is 12.7. The third-order valence-electron chi connectivity index (χ3n) is 4.79. The van der Waals surface area contributed by atoms with Crippen LogP contribution < -0.4 is 5.73 Å². The van der Waals surface area contributed by atoms with E-state index in [1.54, 1.807) is 0 Å². The molecule has 3 atom stereocenters. The second kappa shape index (κ2) is 4.55. The first-order chi connectivity index (χ1) is 7.82. The summed E-state index contributed by atoms with van der Waals surface area (Å²) in [7, 11) is 0. The second-order valence-corrected chi connectivity index (χ2v) is 7.24. The lowest BCUT2D eigenvalue weighted by atomic mass is 9.73. The van der Waals surface area contributed by atoms with E-state index in [1.807, 2.05) is 0 Å². The Hall–Kier alpha value is -0.0800. The van der Waals surface area contributed by atoms with Crippen LogP contribution >= 0.6 is 0 Å². The van der Waals surface area contributed by atoms with Crippen molar-refractivity contribution in [3.05, 3.63) is 0 Å². The van der Waals surface area contributed by atoms with Crippen LogP contribution in [0.5, 0.6) is 0 Å². The lowest BCUT2D eigenvalue weighted by molar-refractivity contribution is -0.0814. The van der Waals surface area contributed by atoms with Crippen molar-refractivity contribution >= 4 is 0 Å². The van der Waals surface area contributed by atoms with E-state index in [0.717, 1.165) is 0 Å². The average Bonchev–Trinajstić information content (AvgIpc) is 2.36. The second-order valence-electron chi connectivity index (χ2n) is 7.24. The zero-order valence-electron chi connectivity index (χ0n) is 12.0. The van der Waals surface area contributed by atoms with Crippen molar-refractivity contribution in [2.75, 3.05) is 0 Å². The molecular formula is C15H29NO. The molecule has 3 unspecified atom stereocenters. The highest BCUT2D eigenvalue weighted by Crippen LogP contribution is 2.48. The third-order valence-corrected chi connectivity index (χ3v) is 4.79. The molecule has 17 heavy (non-hydrogen) atoms. The summed E-state index contributed by atoms with van der Waals surface area (Å²) < 4.78 is 6.24. The normalized spacial score (nSPS) is 41.1. The minimum absolute atomic E-state index is 0.00384. The maximum atomic E-state index is 6.41. The predicted octanol–water partition coefficient (Wildman–Crippen LogP) is 3.49. The van der Waals surface area contributed by atoms with Gasteiger partial charge in [0.1, 0.15) is 0 Å². The van der Waals surface area contributed by atoms with Gasteiger partial charge < -0.3 is 10.5 Å². The largest absolute Gasteiger partial charge is 0.369 e. The lowest BCUT2D eigenvalue weighted by Gasteiger charge is -2.35. The van der Waals surface area contributed by atoms with Crippen molar-refractivity contribution in [2.24, 2.45) is 17.6 Å². The van der Waals surface area contributed by atoms with Gasteiger partial charge in [0, 0.05) is 6.04 Å². The van der Waals surface area contributed by atoms with Crippen LogP contribution in [-0.2, 0) is 4.74 Å². The van der Waals surface area contributed by atoms with Crippen LogP contribution in [0.15, 0.2) is 0 Å². The Morgan fingerprint density at radius 2 is 1.65 bits per heavy atom. The summed E-state index contributed by atoms with van der Waals surface area (Å²) in [5, 5.41) is 0. The van der Waals surface area contributed by atoms with Gasteiger partial charge in [-0.1, -0.05) is 19.3 Å². The van der Waals surface area contributed by atoms with Gasteiger partial charge in [0.15, 0.2) is 0 Å². The summed E-state index contributed by atoms with van der Waals surface area (Å²) in [5.41, 5.74) is 6.44. The summed E-state index contributed by atoms with van der Waals surface area (Å²) in [6.45, 7) is 8.95. The molecule has 0 bridgehead atoms. The quantitative estimate of drug-likeness (QED) is 0.711. The molecule has 0 radical (unpaired) electrons. The molecule has 1 saturated heterocycles. The Labute approximate surface area is 106 Å². The molecule has 1 aliphatic heterocycles. The summed E-state index contributed by atoms with van der Waals surface area (Å²) in [6.07, 6.45) is 7.70. The van der Waals surface area contributed by atoms with Crippen LogP contribution in [0, 0.1) is 11.8 Å². The number of ether oxygens (including phenoxy) is 1. The van der Waals surface area contributed by atoms with Gasteiger partial charge in [0.2, 0.25) is 0 Å². The molecule has 0 spiro atoms. The van der Waals surface area contributed by atoms with Crippen LogP contribution in [0.25, 0.3) is 0 Å². The minimum Gasteiger partial charge on any atom is -0.369 e. The highest BCUT2D eigenvalue weighted by molar-refractivity contribution is 4.99. The Kier molecular flexibility index (Phi) is 3.57. The smallest absolute Gasteiger partial charge is 0.0666 e. The molecule has 2 rings (SSSR count). The first-order valence-corrected chi connectivity index (χ1v) is 7.28. The lowest BCUT2D eigenvalue weighted by Crippen LogP contribution is -2.41. The molecule has 2 nitrogen and oxygen atoms in total. The molecule has 0 amide bonds. The summed E-state index contributed by atoms with van der Waals surface area (Å²) in [4.78, 5) is 0. The first kappa shape index (κ1) is 13.4. The van der Waals surface area contributed by atoms with Crippen molar-refractivity contribution in [3.8, 4) is 0 Å². The highest BCUT2D eigenvalue weighted by Gasteiger charge is 2.49. The fraction of sp³-hybridized carbons (Fsp3) is 1.00. The molecule has 0 aromatic rings. The monoisotopic (exact) mass is 239 g/mol. The molecule has 0 aromatic carbocycles. The van der Waals surface area contributed by atoms with E-state index in [0.29, 0.717) is 17.9 Å². The molecule has 100 valence electrons. The van der Waals surface area contributed by atoms with Crippen LogP contribution in [0.4, 0.5) is 0 Å². The Morgan fingerprint density at radius 1 is 1.00 bits per heavy atom. The third kappa shape index (κ3) is 2.85. The Bertz CT molecular complexity index is 272. The minimum atomic E-state index is -0.00384. The molecule has 1 heterocycles. The van der Waals surface area contributed by atoms with Crippen molar-refractivity contribution in [3.63, 3.8) is 0 Å². The zero-order valence-corrected chi connectivity index (χ0v) is 12.0. The molecule has 2 heteroatoms. The van der Waals surface area contributed by atoms with Crippen LogP contribution in [0.1, 0.15) is 66.2 Å². The number of rotatable bonds is 1. The van der Waals surface area contributed by atoms with Crippen molar-refractivity contribution in [2.45, 2.75) is 83.5 Å². The van der Waals surface area contributed by atoms with E-state index in [9.17, 15) is 0 Å². The maximum absolute atomic E-state index is 6.41. The molecule has 1 saturated carbocycles. The van der Waals surface area contributed by atoms with E-state index in [4.69, 9.17) is 10.5 Å². The van der Waals surface area contributed by atoms with E-state index >= 15 is 0 Å². The van der Waals surface area contributed by atoms with Gasteiger partial charge in [-0.3, -0.25) is 0 Å². The molecule has 1 aliphatic carbocycles. The van der Waals surface area contributed by atoms with Gasteiger partial charge in [-0.25, -0.2) is 0 Å². The molecular weight excluding hydrogens is 210 g/mol. The number of hydrogen-bond donors (Lipinski definition) is 1. The maximum Gasteiger partial charge on any atom is 0.0666 e. The fourth-order valence-corrected chi connectivity index (χ4v) is 4.14. The van der Waals surface area contributed by atoms with Gasteiger partial charge in [0.25, 0.3) is 0 Å². The van der Waals surface area contributed by atoms with E-state index in [1.165, 1.54) is 38.5 Å². The SMILES string of the molecule is CC1(C)CC(C2CCCCCC2N)C(C)(C)O1. The number of hydrogen-bond acceptors (Lipinski definition) is 2. The van der Waals surface area contributed by atoms with Crippen LogP contribution in [0.2, 0.25) is 0 Å². The van der Waals surface area contributed by atoms with Gasteiger partial charge >= 0.3 is 0 Å². The fourth-order valence-electron chi connectivity index (χ4n) is 4.14. The Morgan fingerprint density at radius 3 is 2.24 bits per heavy atom. The predicted molar refractivity (Wildman–Crippen MR) is 71.9 cm³/mol. The van der Waals surface area contributed by atoms with Gasteiger partial charge in [-0.05, 0) is 58.8 Å².